The first-order valence-corrected chi connectivity index (χ1v) is 7.09. The van der Waals surface area contributed by atoms with Crippen LogP contribution < -0.4 is 0 Å². The monoisotopic (exact) mass is 264 g/mol. The fourth-order valence-corrected chi connectivity index (χ4v) is 3.94. The second-order valence-corrected chi connectivity index (χ2v) is 6.09. The van der Waals surface area contributed by atoms with E-state index in [9.17, 15) is 9.90 Å². The number of carboxylic acid groups (broad SMARTS) is 1. The van der Waals surface area contributed by atoms with Crippen molar-refractivity contribution in [2.45, 2.75) is 18.3 Å². The molecule has 0 saturated heterocycles. The molecule has 1 saturated carbocycles. The predicted octanol–water partition coefficient (Wildman–Crippen LogP) is 3.76. The summed E-state index contributed by atoms with van der Waals surface area (Å²) in [5.41, 5.74) is 1.20. The van der Waals surface area contributed by atoms with Crippen LogP contribution in [0.3, 0.4) is 0 Å². The Morgan fingerprint density at radius 3 is 2.65 bits per heavy atom. The predicted molar refractivity (Wildman–Crippen MR) is 78.6 cm³/mol. The van der Waals surface area contributed by atoms with E-state index in [0.29, 0.717) is 0 Å². The molecule has 1 N–H and O–H groups in total. The average molecular weight is 264 g/mol. The second-order valence-electron chi connectivity index (χ2n) is 6.09. The van der Waals surface area contributed by atoms with Gasteiger partial charge in [0.05, 0.1) is 5.92 Å². The SMILES string of the molecule is O=C(O)C1CC2(c3ccc4ccccc4c3)C=CC1C2. The number of aliphatic carboxylic acids is 1. The van der Waals surface area contributed by atoms with E-state index in [1.165, 1.54) is 16.3 Å². The highest BCUT2D eigenvalue weighted by Crippen LogP contribution is 2.54. The molecule has 4 rings (SSSR count). The molecule has 100 valence electrons. The number of hydrogen-bond donors (Lipinski definition) is 1. The van der Waals surface area contributed by atoms with E-state index in [4.69, 9.17) is 0 Å². The molecule has 0 heterocycles. The minimum Gasteiger partial charge on any atom is -0.481 e. The van der Waals surface area contributed by atoms with Crippen LogP contribution in [0.15, 0.2) is 54.6 Å². The Labute approximate surface area is 117 Å². The fraction of sp³-hybridized carbons (Fsp3) is 0.278. The number of carbonyl (C=O) groups is 1. The molecule has 2 aromatic rings. The maximum absolute atomic E-state index is 11.3. The zero-order valence-electron chi connectivity index (χ0n) is 11.1. The Balaban J connectivity index is 1.80. The van der Waals surface area contributed by atoms with Crippen molar-refractivity contribution in [3.63, 3.8) is 0 Å². The van der Waals surface area contributed by atoms with Crippen molar-refractivity contribution >= 4 is 16.7 Å². The van der Waals surface area contributed by atoms with Crippen LogP contribution in [0.25, 0.3) is 10.8 Å². The maximum atomic E-state index is 11.3. The number of allylic oxidation sites excluding steroid dienone is 2. The third kappa shape index (κ3) is 1.54. The topological polar surface area (TPSA) is 37.3 Å². The van der Waals surface area contributed by atoms with Gasteiger partial charge in [-0.25, -0.2) is 0 Å². The molecule has 2 nitrogen and oxygen atoms in total. The van der Waals surface area contributed by atoms with Gasteiger partial charge in [-0.15, -0.1) is 0 Å². The van der Waals surface area contributed by atoms with E-state index < -0.39 is 5.97 Å². The molecule has 2 heteroatoms. The highest BCUT2D eigenvalue weighted by molar-refractivity contribution is 5.83. The van der Waals surface area contributed by atoms with Crippen molar-refractivity contribution in [1.82, 2.24) is 0 Å². The minimum absolute atomic E-state index is 0.0578. The van der Waals surface area contributed by atoms with Crippen LogP contribution in [0.2, 0.25) is 0 Å². The summed E-state index contributed by atoms with van der Waals surface area (Å²) in [4.78, 5) is 11.3. The lowest BCUT2D eigenvalue weighted by atomic mass is 9.78. The van der Waals surface area contributed by atoms with Crippen LogP contribution in [0.5, 0.6) is 0 Å². The summed E-state index contributed by atoms with van der Waals surface area (Å²) in [6, 6.07) is 14.9. The zero-order chi connectivity index (χ0) is 13.7. The summed E-state index contributed by atoms with van der Waals surface area (Å²) in [5.74, 6) is -0.660. The fourth-order valence-electron chi connectivity index (χ4n) is 3.94. The summed E-state index contributed by atoms with van der Waals surface area (Å²) in [6.45, 7) is 0. The van der Waals surface area contributed by atoms with Crippen molar-refractivity contribution in [2.24, 2.45) is 11.8 Å². The van der Waals surface area contributed by atoms with Gasteiger partial charge in [0.15, 0.2) is 0 Å². The molecule has 20 heavy (non-hydrogen) atoms. The molecule has 0 aromatic heterocycles. The largest absolute Gasteiger partial charge is 0.481 e. The smallest absolute Gasteiger partial charge is 0.307 e. The van der Waals surface area contributed by atoms with Gasteiger partial charge in [-0.1, -0.05) is 54.6 Å². The second kappa shape index (κ2) is 3.95. The van der Waals surface area contributed by atoms with Gasteiger partial charge in [0, 0.05) is 5.41 Å². The Bertz CT molecular complexity index is 731. The van der Waals surface area contributed by atoms with Crippen molar-refractivity contribution in [1.29, 1.82) is 0 Å². The maximum Gasteiger partial charge on any atom is 0.307 e. The molecule has 1 fully saturated rings. The van der Waals surface area contributed by atoms with Crippen LogP contribution >= 0.6 is 0 Å². The number of hydrogen-bond acceptors (Lipinski definition) is 1. The molecule has 0 aliphatic heterocycles. The number of fused-ring (bicyclic) bond motifs is 3. The summed E-state index contributed by atoms with van der Waals surface area (Å²) in [5, 5.41) is 11.8. The molecule has 0 radical (unpaired) electrons. The van der Waals surface area contributed by atoms with Gasteiger partial charge < -0.3 is 5.11 Å². The van der Waals surface area contributed by atoms with Crippen LogP contribution in [0.4, 0.5) is 0 Å². The highest BCUT2D eigenvalue weighted by atomic mass is 16.4. The Morgan fingerprint density at radius 2 is 1.90 bits per heavy atom. The van der Waals surface area contributed by atoms with Crippen molar-refractivity contribution in [3.05, 3.63) is 60.2 Å². The normalized spacial score (nSPS) is 31.0. The quantitative estimate of drug-likeness (QED) is 0.839. The van der Waals surface area contributed by atoms with E-state index >= 15 is 0 Å². The zero-order valence-corrected chi connectivity index (χ0v) is 11.1. The lowest BCUT2D eigenvalue weighted by Crippen LogP contribution is -2.23. The average Bonchev–Trinajstić information content (AvgIpc) is 3.06. The summed E-state index contributed by atoms with van der Waals surface area (Å²) in [7, 11) is 0. The van der Waals surface area contributed by atoms with Crippen LogP contribution in [-0.2, 0) is 10.2 Å². The Kier molecular flexibility index (Phi) is 2.31. The van der Waals surface area contributed by atoms with Crippen molar-refractivity contribution in [3.8, 4) is 0 Å². The molecular formula is C18H16O2. The highest BCUT2D eigenvalue weighted by Gasteiger charge is 2.50. The van der Waals surface area contributed by atoms with Gasteiger partial charge in [0.25, 0.3) is 0 Å². The Hall–Kier alpha value is -2.09. The molecule has 0 spiro atoms. The molecular weight excluding hydrogens is 248 g/mol. The summed E-state index contributed by atoms with van der Waals surface area (Å²) < 4.78 is 0. The molecule has 2 bridgehead atoms. The summed E-state index contributed by atoms with van der Waals surface area (Å²) in [6.07, 6.45) is 6.03. The van der Waals surface area contributed by atoms with E-state index in [-0.39, 0.29) is 17.3 Å². The van der Waals surface area contributed by atoms with Gasteiger partial charge >= 0.3 is 5.97 Å². The van der Waals surface area contributed by atoms with Crippen molar-refractivity contribution < 1.29 is 9.90 Å². The van der Waals surface area contributed by atoms with Crippen molar-refractivity contribution in [2.75, 3.05) is 0 Å². The van der Waals surface area contributed by atoms with E-state index in [1.807, 2.05) is 12.1 Å². The first-order chi connectivity index (χ1) is 9.68. The molecule has 2 aliphatic rings. The van der Waals surface area contributed by atoms with E-state index in [0.717, 1.165) is 12.8 Å². The summed E-state index contributed by atoms with van der Waals surface area (Å²) >= 11 is 0. The van der Waals surface area contributed by atoms with E-state index in [1.54, 1.807) is 0 Å². The molecule has 2 aromatic carbocycles. The molecule has 3 atom stereocenters. The van der Waals surface area contributed by atoms with Crippen LogP contribution in [0.1, 0.15) is 18.4 Å². The van der Waals surface area contributed by atoms with Crippen LogP contribution in [0, 0.1) is 11.8 Å². The van der Waals surface area contributed by atoms with Gasteiger partial charge in [-0.3, -0.25) is 4.79 Å². The first kappa shape index (κ1) is 11.7. The number of carboxylic acids is 1. The number of benzene rings is 2. The van der Waals surface area contributed by atoms with Gasteiger partial charge in [0.1, 0.15) is 0 Å². The minimum atomic E-state index is -0.651. The lowest BCUT2D eigenvalue weighted by molar-refractivity contribution is -0.142. The standard InChI is InChI=1S/C18H16O2/c19-17(20)16-11-18(8-7-14(16)10-18)15-6-5-12-3-1-2-4-13(12)9-15/h1-9,14,16H,10-11H2,(H,19,20). The lowest BCUT2D eigenvalue weighted by Gasteiger charge is -2.26. The molecule has 3 unspecified atom stereocenters. The van der Waals surface area contributed by atoms with Gasteiger partial charge in [0.2, 0.25) is 0 Å². The van der Waals surface area contributed by atoms with Gasteiger partial charge in [-0.05, 0) is 35.1 Å². The third-order valence-electron chi connectivity index (χ3n) is 5.00. The van der Waals surface area contributed by atoms with Crippen LogP contribution in [-0.4, -0.2) is 11.1 Å². The molecule has 0 amide bonds. The van der Waals surface area contributed by atoms with E-state index in [2.05, 4.69) is 42.5 Å². The first-order valence-electron chi connectivity index (χ1n) is 7.09. The number of rotatable bonds is 2. The Morgan fingerprint density at radius 1 is 1.10 bits per heavy atom. The van der Waals surface area contributed by atoms with Gasteiger partial charge in [-0.2, -0.15) is 0 Å². The molecule has 2 aliphatic carbocycles. The third-order valence-corrected chi connectivity index (χ3v) is 5.00.